The number of β-amino-alcohol motifs (C(OH)–C–C–N with tert-alkyl or cyclic N) is 1. The number of aryl methyl sites for hydroxylation is 1. The monoisotopic (exact) mass is 349 g/mol. The Morgan fingerprint density at radius 3 is 2.76 bits per heavy atom. The first kappa shape index (κ1) is 17.2. The Hall–Kier alpha value is -2.61. The van der Waals surface area contributed by atoms with Crippen LogP contribution in [0, 0.1) is 17.6 Å². The Kier molecular flexibility index (Phi) is 4.63. The summed E-state index contributed by atoms with van der Waals surface area (Å²) in [5, 5.41) is 14.2. The number of hydrogen-bond acceptors (Lipinski definition) is 4. The maximum Gasteiger partial charge on any atom is 0.233 e. The van der Waals surface area contributed by atoms with Gasteiger partial charge in [-0.2, -0.15) is 5.10 Å². The van der Waals surface area contributed by atoms with Crippen molar-refractivity contribution >= 4 is 11.8 Å². The van der Waals surface area contributed by atoms with E-state index in [1.807, 2.05) is 0 Å². The number of carbonyl (C=O) groups excluding carboxylic acids is 2. The molecule has 2 aromatic rings. The standard InChI is InChI=1S/C17H17F2N3O3/c1-21-8-10(7-20-21)4-11-5-16(24)22(17(11)25)9-15(23)13-3-2-12(18)6-14(13)19/h2-3,6-8,11,15,23H,4-5,9H2,1H3. The third-order valence-corrected chi connectivity index (χ3v) is 4.25. The van der Waals surface area contributed by atoms with Gasteiger partial charge in [0.15, 0.2) is 0 Å². The van der Waals surface area contributed by atoms with Crippen LogP contribution < -0.4 is 0 Å². The van der Waals surface area contributed by atoms with Crippen LogP contribution in [-0.2, 0) is 23.1 Å². The van der Waals surface area contributed by atoms with Crippen molar-refractivity contribution in [1.82, 2.24) is 14.7 Å². The summed E-state index contributed by atoms with van der Waals surface area (Å²) >= 11 is 0. The summed E-state index contributed by atoms with van der Waals surface area (Å²) in [6.45, 7) is -0.357. The second-order valence-corrected chi connectivity index (χ2v) is 6.15. The first-order valence-electron chi connectivity index (χ1n) is 7.80. The van der Waals surface area contributed by atoms with Gasteiger partial charge in [0.2, 0.25) is 11.8 Å². The number of amides is 2. The number of hydrogen-bond donors (Lipinski definition) is 1. The van der Waals surface area contributed by atoms with Gasteiger partial charge >= 0.3 is 0 Å². The molecular formula is C17H17F2N3O3. The van der Waals surface area contributed by atoms with Crippen molar-refractivity contribution in [2.45, 2.75) is 18.9 Å². The number of nitrogens with zero attached hydrogens (tertiary/aromatic N) is 3. The van der Waals surface area contributed by atoms with Gasteiger partial charge in [-0.05, 0) is 18.1 Å². The summed E-state index contributed by atoms with van der Waals surface area (Å²) in [6, 6.07) is 2.77. The van der Waals surface area contributed by atoms with E-state index in [-0.39, 0.29) is 18.5 Å². The lowest BCUT2D eigenvalue weighted by molar-refractivity contribution is -0.141. The molecule has 1 aromatic heterocycles. The largest absolute Gasteiger partial charge is 0.386 e. The van der Waals surface area contributed by atoms with Crippen LogP contribution in [0.2, 0.25) is 0 Å². The van der Waals surface area contributed by atoms with E-state index in [2.05, 4.69) is 5.10 Å². The predicted octanol–water partition coefficient (Wildman–Crippen LogP) is 1.35. The van der Waals surface area contributed by atoms with Gasteiger partial charge in [-0.25, -0.2) is 8.78 Å². The van der Waals surface area contributed by atoms with Crippen LogP contribution in [0.1, 0.15) is 23.7 Å². The third kappa shape index (κ3) is 3.58. The number of rotatable bonds is 5. The molecule has 0 spiro atoms. The molecule has 2 unspecified atom stereocenters. The van der Waals surface area contributed by atoms with Gasteiger partial charge < -0.3 is 5.11 Å². The number of aromatic nitrogens is 2. The molecule has 1 aliphatic rings. The van der Waals surface area contributed by atoms with E-state index in [9.17, 15) is 23.5 Å². The molecule has 132 valence electrons. The van der Waals surface area contributed by atoms with Crippen LogP contribution in [0.4, 0.5) is 8.78 Å². The Morgan fingerprint density at radius 1 is 1.36 bits per heavy atom. The number of aliphatic hydroxyl groups excluding tert-OH is 1. The average molecular weight is 349 g/mol. The highest BCUT2D eigenvalue weighted by atomic mass is 19.1. The molecular weight excluding hydrogens is 332 g/mol. The molecule has 1 saturated heterocycles. The lowest BCUT2D eigenvalue weighted by atomic mass is 10.0. The fourth-order valence-electron chi connectivity index (χ4n) is 3.01. The highest BCUT2D eigenvalue weighted by Crippen LogP contribution is 2.27. The first-order chi connectivity index (χ1) is 11.8. The van der Waals surface area contributed by atoms with Gasteiger partial charge in [0.05, 0.1) is 24.8 Å². The minimum absolute atomic E-state index is 0.0341. The Balaban J connectivity index is 1.69. The summed E-state index contributed by atoms with van der Waals surface area (Å²) in [5.74, 6) is -3.03. The van der Waals surface area contributed by atoms with Crippen molar-refractivity contribution in [2.24, 2.45) is 13.0 Å². The number of imide groups is 1. The fraction of sp³-hybridized carbons (Fsp3) is 0.353. The van der Waals surface area contributed by atoms with Crippen LogP contribution >= 0.6 is 0 Å². The topological polar surface area (TPSA) is 75.4 Å². The van der Waals surface area contributed by atoms with Gasteiger partial charge in [0, 0.05) is 31.3 Å². The summed E-state index contributed by atoms with van der Waals surface area (Å²) in [7, 11) is 1.75. The predicted molar refractivity (Wildman–Crippen MR) is 83.1 cm³/mol. The highest BCUT2D eigenvalue weighted by Gasteiger charge is 2.39. The molecule has 25 heavy (non-hydrogen) atoms. The Bertz CT molecular complexity index is 821. The molecule has 0 radical (unpaired) electrons. The zero-order valence-corrected chi connectivity index (χ0v) is 13.5. The van der Waals surface area contributed by atoms with E-state index in [0.717, 1.165) is 22.6 Å². The van der Waals surface area contributed by atoms with Gasteiger partial charge in [0.25, 0.3) is 0 Å². The summed E-state index contributed by atoms with van der Waals surface area (Å²) in [6.07, 6.45) is 2.39. The molecule has 1 fully saturated rings. The molecule has 2 atom stereocenters. The molecule has 8 heteroatoms. The lowest BCUT2D eigenvalue weighted by Gasteiger charge is -2.19. The molecule has 1 N–H and O–H groups in total. The number of carbonyl (C=O) groups is 2. The van der Waals surface area contributed by atoms with Crippen molar-refractivity contribution in [1.29, 1.82) is 0 Å². The van der Waals surface area contributed by atoms with E-state index in [4.69, 9.17) is 0 Å². The van der Waals surface area contributed by atoms with Crippen LogP contribution in [0.3, 0.4) is 0 Å². The van der Waals surface area contributed by atoms with E-state index < -0.39 is 35.5 Å². The Labute approximate surface area is 142 Å². The van der Waals surface area contributed by atoms with Gasteiger partial charge in [0.1, 0.15) is 11.6 Å². The van der Waals surface area contributed by atoms with Crippen molar-refractivity contribution < 1.29 is 23.5 Å². The number of likely N-dealkylation sites (tertiary alicyclic amines) is 1. The fourth-order valence-corrected chi connectivity index (χ4v) is 3.01. The number of halogens is 2. The molecule has 0 aliphatic carbocycles. The minimum Gasteiger partial charge on any atom is -0.386 e. The Morgan fingerprint density at radius 2 is 2.12 bits per heavy atom. The summed E-state index contributed by atoms with van der Waals surface area (Å²) in [5.41, 5.74) is 0.679. The summed E-state index contributed by atoms with van der Waals surface area (Å²) in [4.78, 5) is 25.5. The van der Waals surface area contributed by atoms with Crippen LogP contribution in [0.15, 0.2) is 30.6 Å². The molecule has 1 aliphatic heterocycles. The second kappa shape index (κ2) is 6.72. The first-order valence-corrected chi connectivity index (χ1v) is 7.80. The van der Waals surface area contributed by atoms with Crippen molar-refractivity contribution in [3.8, 4) is 0 Å². The van der Waals surface area contributed by atoms with Crippen molar-refractivity contribution in [2.75, 3.05) is 6.54 Å². The van der Waals surface area contributed by atoms with Crippen LogP contribution in [0.5, 0.6) is 0 Å². The van der Waals surface area contributed by atoms with E-state index in [1.165, 1.54) is 0 Å². The molecule has 6 nitrogen and oxygen atoms in total. The maximum atomic E-state index is 13.7. The molecule has 0 saturated carbocycles. The summed E-state index contributed by atoms with van der Waals surface area (Å²) < 4.78 is 28.3. The zero-order chi connectivity index (χ0) is 18.1. The van der Waals surface area contributed by atoms with Crippen LogP contribution in [-0.4, -0.2) is 38.1 Å². The van der Waals surface area contributed by atoms with E-state index in [0.29, 0.717) is 12.5 Å². The zero-order valence-electron chi connectivity index (χ0n) is 13.5. The molecule has 2 amide bonds. The quantitative estimate of drug-likeness (QED) is 0.827. The molecule has 3 rings (SSSR count). The smallest absolute Gasteiger partial charge is 0.233 e. The molecule has 1 aromatic carbocycles. The van der Waals surface area contributed by atoms with Gasteiger partial charge in [-0.1, -0.05) is 6.07 Å². The number of benzene rings is 1. The van der Waals surface area contributed by atoms with E-state index in [1.54, 1.807) is 24.1 Å². The second-order valence-electron chi connectivity index (χ2n) is 6.15. The third-order valence-electron chi connectivity index (χ3n) is 4.25. The highest BCUT2D eigenvalue weighted by molar-refractivity contribution is 6.03. The van der Waals surface area contributed by atoms with Crippen molar-refractivity contribution in [3.05, 3.63) is 53.4 Å². The van der Waals surface area contributed by atoms with E-state index >= 15 is 0 Å². The minimum atomic E-state index is -1.41. The van der Waals surface area contributed by atoms with Gasteiger partial charge in [-0.3, -0.25) is 19.2 Å². The SMILES string of the molecule is Cn1cc(CC2CC(=O)N(CC(O)c3ccc(F)cc3F)C2=O)cn1. The molecule has 2 heterocycles. The number of aliphatic hydroxyl groups is 1. The average Bonchev–Trinajstić information content (AvgIpc) is 3.06. The molecule has 0 bridgehead atoms. The normalized spacial score (nSPS) is 18.9. The van der Waals surface area contributed by atoms with Crippen molar-refractivity contribution in [3.63, 3.8) is 0 Å². The van der Waals surface area contributed by atoms with Crippen LogP contribution in [0.25, 0.3) is 0 Å². The maximum absolute atomic E-state index is 13.7. The van der Waals surface area contributed by atoms with Gasteiger partial charge in [-0.15, -0.1) is 0 Å². The lowest BCUT2D eigenvalue weighted by Crippen LogP contribution is -2.35.